The lowest BCUT2D eigenvalue weighted by Gasteiger charge is -2.36. The molecule has 0 N–H and O–H groups in total. The number of nitrogens with zero attached hydrogens (tertiary/aromatic N) is 2. The van der Waals surface area contributed by atoms with E-state index in [-0.39, 0.29) is 41.9 Å². The number of carbonyl (C=O) groups excluding carboxylic acids is 4. The Morgan fingerprint density at radius 3 is 1.86 bits per heavy atom. The normalized spacial score (nSPS) is 25.5. The number of ketones is 1. The number of rotatable bonds is 8. The van der Waals surface area contributed by atoms with Gasteiger partial charge in [-0.05, 0) is 61.5 Å². The second-order valence-electron chi connectivity index (χ2n) is 11.4. The van der Waals surface area contributed by atoms with E-state index in [0.29, 0.717) is 10.0 Å². The molecule has 6 rings (SSSR count). The molecule has 18 heteroatoms. The number of hydrogen-bond acceptors (Lipinski definition) is 7. The summed E-state index contributed by atoms with van der Waals surface area (Å²) in [6.07, 6.45) is 0. The van der Waals surface area contributed by atoms with Gasteiger partial charge in [-0.15, -0.1) is 23.2 Å². The Hall–Kier alpha value is -2.25. The van der Waals surface area contributed by atoms with Crippen LogP contribution in [-0.2, 0) is 19.7 Å². The van der Waals surface area contributed by atoms with Gasteiger partial charge in [0, 0.05) is 10.6 Å². The minimum atomic E-state index is -4.20. The van der Waals surface area contributed by atoms with Crippen LogP contribution in [0.5, 0.6) is 5.75 Å². The van der Waals surface area contributed by atoms with Crippen molar-refractivity contribution in [2.24, 2.45) is 11.8 Å². The average molecular weight is 846 g/mol. The number of fused-ring (bicyclic) bond motifs is 5. The predicted octanol–water partition coefficient (Wildman–Crippen LogP) is 7.76. The van der Waals surface area contributed by atoms with Gasteiger partial charge in [0.05, 0.1) is 32.5 Å². The van der Waals surface area contributed by atoms with Crippen LogP contribution in [0.15, 0.2) is 81.7 Å². The van der Waals surface area contributed by atoms with Crippen molar-refractivity contribution in [1.82, 2.24) is 10.0 Å². The molecule has 1 saturated carbocycles. The molecule has 2 bridgehead atoms. The molecule has 3 aromatic carbocycles. The third-order valence-electron chi connectivity index (χ3n) is 8.51. The number of alkyl halides is 4. The summed E-state index contributed by atoms with van der Waals surface area (Å²) in [7, 11) is -4.20. The molecule has 0 spiro atoms. The Morgan fingerprint density at radius 1 is 0.816 bits per heavy atom. The van der Waals surface area contributed by atoms with E-state index in [1.165, 1.54) is 54.6 Å². The Labute approximate surface area is 319 Å². The van der Waals surface area contributed by atoms with Crippen molar-refractivity contribution in [3.8, 4) is 5.75 Å². The highest BCUT2D eigenvalue weighted by Crippen LogP contribution is 2.77. The number of amides is 3. The average Bonchev–Trinajstić information content (AvgIpc) is 3.42. The van der Waals surface area contributed by atoms with Crippen LogP contribution in [0.2, 0.25) is 10.0 Å². The van der Waals surface area contributed by atoms with Crippen molar-refractivity contribution in [3.05, 3.63) is 104 Å². The fourth-order valence-electron chi connectivity index (χ4n) is 6.06. The van der Waals surface area contributed by atoms with Gasteiger partial charge in [-0.1, -0.05) is 87.3 Å². The second kappa shape index (κ2) is 12.5. The lowest BCUT2D eigenvalue weighted by molar-refractivity contribution is -0.154. The molecule has 49 heavy (non-hydrogen) atoms. The van der Waals surface area contributed by atoms with Crippen LogP contribution in [0.3, 0.4) is 0 Å². The van der Waals surface area contributed by atoms with Crippen molar-refractivity contribution in [2.75, 3.05) is 6.54 Å². The van der Waals surface area contributed by atoms with E-state index in [1.54, 1.807) is 19.1 Å². The fourth-order valence-corrected chi connectivity index (χ4v) is 10.4. The van der Waals surface area contributed by atoms with E-state index >= 15 is 0 Å². The first-order valence-corrected chi connectivity index (χ1v) is 18.3. The summed E-state index contributed by atoms with van der Waals surface area (Å²) in [4.78, 5) is 51.5. The number of carbonyl (C=O) groups is 4. The minimum absolute atomic E-state index is 0.0460. The molecule has 2 fully saturated rings. The second-order valence-corrected chi connectivity index (χ2v) is 17.0. The van der Waals surface area contributed by atoms with Gasteiger partial charge in [0.2, 0.25) is 0 Å². The van der Waals surface area contributed by atoms with Crippen molar-refractivity contribution in [1.29, 1.82) is 0 Å². The number of benzene rings is 3. The number of aryl methyl sites for hydroxylation is 1. The molecular weight excluding hydrogens is 828 g/mol. The zero-order chi connectivity index (χ0) is 36.0. The Morgan fingerprint density at radius 2 is 1.35 bits per heavy atom. The number of Topliss-reactive ketones (excluding diaryl/α,β-unsaturated/α-hetero) is 1. The molecule has 4 atom stereocenters. The Bertz CT molecular complexity index is 2060. The molecular formula is C31H18Cl8N2O7S. The first-order valence-electron chi connectivity index (χ1n) is 13.9. The largest absolute Gasteiger partial charge is 0.379 e. The Kier molecular flexibility index (Phi) is 9.29. The van der Waals surface area contributed by atoms with Crippen LogP contribution in [0.1, 0.15) is 26.3 Å². The summed E-state index contributed by atoms with van der Waals surface area (Å²) in [6, 6.07) is 14.7. The Balaban J connectivity index is 1.33. The molecule has 0 radical (unpaired) electrons. The van der Waals surface area contributed by atoms with Crippen molar-refractivity contribution >= 4 is 126 Å². The van der Waals surface area contributed by atoms with Crippen LogP contribution in [0, 0.1) is 18.8 Å². The molecule has 0 unspecified atom stereocenters. The van der Waals surface area contributed by atoms with Gasteiger partial charge >= 0.3 is 10.1 Å². The molecule has 256 valence electrons. The number of imide groups is 1. The van der Waals surface area contributed by atoms with E-state index in [1.807, 2.05) is 0 Å². The molecule has 9 nitrogen and oxygen atoms in total. The lowest BCUT2D eigenvalue weighted by Crippen LogP contribution is -2.56. The van der Waals surface area contributed by atoms with E-state index in [0.717, 1.165) is 5.56 Å². The number of hydrogen-bond donors (Lipinski definition) is 0. The van der Waals surface area contributed by atoms with Crippen molar-refractivity contribution in [2.45, 2.75) is 25.9 Å². The monoisotopic (exact) mass is 842 g/mol. The van der Waals surface area contributed by atoms with Gasteiger partial charge in [0.15, 0.2) is 10.1 Å². The topological polar surface area (TPSA) is 118 Å². The maximum atomic E-state index is 14.1. The summed E-state index contributed by atoms with van der Waals surface area (Å²) in [6.45, 7) is 0.898. The molecule has 3 aliphatic rings. The third-order valence-corrected chi connectivity index (χ3v) is 14.6. The molecule has 1 aliphatic heterocycles. The molecule has 3 aromatic rings. The van der Waals surface area contributed by atoms with Crippen LogP contribution >= 0.6 is 92.8 Å². The van der Waals surface area contributed by atoms with Crippen LogP contribution in [0.4, 0.5) is 0 Å². The quantitative estimate of drug-likeness (QED) is 0.0985. The van der Waals surface area contributed by atoms with Crippen molar-refractivity contribution < 1.29 is 31.8 Å². The summed E-state index contributed by atoms with van der Waals surface area (Å²) in [5.41, 5.74) is 0.583. The highest BCUT2D eigenvalue weighted by atomic mass is 35.5. The van der Waals surface area contributed by atoms with Gasteiger partial charge in [-0.2, -0.15) is 13.4 Å². The number of hydrazine groups is 1. The molecule has 2 aliphatic carbocycles. The third kappa shape index (κ3) is 5.37. The fraction of sp³-hybridized carbons (Fsp3) is 0.226. The number of halogens is 8. The standard InChI is InChI=1S/C31H18Cl8N2O7S/c1-14-2-9-18(10-3-14)49(46,47)48-17-7-4-15(5-8-17)21(42)13-40(26(43)19-11-6-16(32)12-20(19)33)41-27(44)22-23(28(41)45)30(37)25(35)24(34)29(22,36)31(30,38)39/h2-12,22-23H,13H2,1H3/t22-,23-,29+,30+/m0/s1. The van der Waals surface area contributed by atoms with Crippen LogP contribution < -0.4 is 4.18 Å². The minimum Gasteiger partial charge on any atom is -0.379 e. The summed E-state index contributed by atoms with van der Waals surface area (Å²) >= 11 is 51.9. The zero-order valence-corrected chi connectivity index (χ0v) is 31.3. The van der Waals surface area contributed by atoms with Gasteiger partial charge in [-0.25, -0.2) is 5.01 Å². The van der Waals surface area contributed by atoms with E-state index in [4.69, 9.17) is 97.0 Å². The highest BCUT2D eigenvalue weighted by molar-refractivity contribution is 7.87. The maximum absolute atomic E-state index is 14.1. The smallest absolute Gasteiger partial charge is 0.339 e. The van der Waals surface area contributed by atoms with E-state index in [2.05, 4.69) is 0 Å². The molecule has 3 amide bonds. The molecule has 0 aromatic heterocycles. The predicted molar refractivity (Wildman–Crippen MR) is 186 cm³/mol. The molecule has 1 heterocycles. The molecule has 1 saturated heterocycles. The SMILES string of the molecule is Cc1ccc(S(=O)(=O)Oc2ccc(C(=O)CN(C(=O)c3ccc(Cl)cc3Cl)N3C(=O)[C@@H]4[C@@H](C3=O)[C@@]3(Cl)C(Cl)=C(Cl)[C@@]4(Cl)C3(Cl)Cl)cc2)cc1. The van der Waals surface area contributed by atoms with Gasteiger partial charge in [0.1, 0.15) is 26.9 Å². The summed E-state index contributed by atoms with van der Waals surface area (Å²) in [5, 5.41) is 0.352. The van der Waals surface area contributed by atoms with E-state index in [9.17, 15) is 27.6 Å². The van der Waals surface area contributed by atoms with Crippen LogP contribution in [-0.4, -0.2) is 62.6 Å². The maximum Gasteiger partial charge on any atom is 0.339 e. The van der Waals surface area contributed by atoms with Gasteiger partial charge in [-0.3, -0.25) is 19.2 Å². The van der Waals surface area contributed by atoms with E-state index < -0.39 is 66.1 Å². The van der Waals surface area contributed by atoms with Crippen LogP contribution in [0.25, 0.3) is 0 Å². The van der Waals surface area contributed by atoms with Gasteiger partial charge < -0.3 is 4.18 Å². The summed E-state index contributed by atoms with van der Waals surface area (Å²) < 4.78 is 28.4. The van der Waals surface area contributed by atoms with Gasteiger partial charge in [0.25, 0.3) is 17.7 Å². The highest BCUT2D eigenvalue weighted by Gasteiger charge is 2.88. The summed E-state index contributed by atoms with van der Waals surface area (Å²) in [5.74, 6) is -7.31. The number of allylic oxidation sites excluding steroid dienone is 2. The first kappa shape index (κ1) is 36.5. The van der Waals surface area contributed by atoms with Crippen molar-refractivity contribution in [3.63, 3.8) is 0 Å². The lowest BCUT2D eigenvalue weighted by atomic mass is 9.84. The zero-order valence-electron chi connectivity index (χ0n) is 24.4. The first-order chi connectivity index (χ1) is 22.8.